The average Bonchev–Trinajstić information content (AvgIpc) is 2.77. The van der Waals surface area contributed by atoms with Gasteiger partial charge in [-0.2, -0.15) is 10.5 Å². The van der Waals surface area contributed by atoms with Gasteiger partial charge in [-0.05, 0) is 63.5 Å². The molecule has 0 amide bonds. The van der Waals surface area contributed by atoms with Crippen LogP contribution in [0.25, 0.3) is 11.6 Å². The van der Waals surface area contributed by atoms with Gasteiger partial charge < -0.3 is 9.47 Å². The molecule has 0 aliphatic rings. The predicted octanol–water partition coefficient (Wildman–Crippen LogP) is 6.63. The molecule has 6 heteroatoms. The highest BCUT2D eigenvalue weighted by molar-refractivity contribution is 9.10. The molecule has 0 radical (unpaired) electrons. The molecule has 0 spiro atoms. The molecule has 4 nitrogen and oxygen atoms in total. The van der Waals surface area contributed by atoms with Crippen molar-refractivity contribution in [3.05, 3.63) is 92.4 Å². The molecule has 30 heavy (non-hydrogen) atoms. The standard InChI is InChI=1S/C24H16BrClN2O2/c1-29-23-12-16(10-20(14-28)17-6-8-21(26)9-7-17)11-22(25)24(23)30-15-19-5-3-2-4-18(19)13-27/h2-12H,15H2,1H3/b20-10+. The molecule has 0 saturated heterocycles. The van der Waals surface area contributed by atoms with Gasteiger partial charge in [-0.25, -0.2) is 0 Å². The number of hydrogen-bond donors (Lipinski definition) is 0. The maximum atomic E-state index is 9.57. The molecule has 3 rings (SSSR count). The second-order valence-corrected chi connectivity index (χ2v) is 7.56. The second-order valence-electron chi connectivity index (χ2n) is 6.27. The van der Waals surface area contributed by atoms with Crippen molar-refractivity contribution < 1.29 is 9.47 Å². The van der Waals surface area contributed by atoms with E-state index in [4.69, 9.17) is 21.1 Å². The first kappa shape index (κ1) is 21.5. The van der Waals surface area contributed by atoms with Gasteiger partial charge in [0.25, 0.3) is 0 Å². The minimum absolute atomic E-state index is 0.224. The van der Waals surface area contributed by atoms with Crippen LogP contribution in [0.5, 0.6) is 11.5 Å². The van der Waals surface area contributed by atoms with Gasteiger partial charge in [0.2, 0.25) is 0 Å². The van der Waals surface area contributed by atoms with Crippen LogP contribution in [0.2, 0.25) is 5.02 Å². The van der Waals surface area contributed by atoms with E-state index < -0.39 is 0 Å². The van der Waals surface area contributed by atoms with Crippen LogP contribution in [-0.4, -0.2) is 7.11 Å². The number of ether oxygens (including phenoxy) is 2. The van der Waals surface area contributed by atoms with Gasteiger partial charge in [0.05, 0.1) is 34.9 Å². The smallest absolute Gasteiger partial charge is 0.175 e. The summed E-state index contributed by atoms with van der Waals surface area (Å²) >= 11 is 9.46. The molecule has 0 aliphatic carbocycles. The van der Waals surface area contributed by atoms with E-state index in [0.717, 1.165) is 16.7 Å². The average molecular weight is 480 g/mol. The Morgan fingerprint density at radius 3 is 2.50 bits per heavy atom. The van der Waals surface area contributed by atoms with Crippen LogP contribution in [0.3, 0.4) is 0 Å². The van der Waals surface area contributed by atoms with E-state index in [9.17, 15) is 10.5 Å². The summed E-state index contributed by atoms with van der Waals surface area (Å²) in [5.41, 5.74) is 3.39. The van der Waals surface area contributed by atoms with Crippen molar-refractivity contribution in [2.45, 2.75) is 6.61 Å². The molecule has 0 saturated carbocycles. The summed E-state index contributed by atoms with van der Waals surface area (Å²) < 4.78 is 12.1. The molecule has 0 N–H and O–H groups in total. The Bertz CT molecular complexity index is 1180. The lowest BCUT2D eigenvalue weighted by Crippen LogP contribution is -2.01. The van der Waals surface area contributed by atoms with E-state index in [1.807, 2.05) is 24.3 Å². The van der Waals surface area contributed by atoms with Gasteiger partial charge in [0.15, 0.2) is 11.5 Å². The molecule has 0 heterocycles. The summed E-state index contributed by atoms with van der Waals surface area (Å²) in [7, 11) is 1.55. The second kappa shape index (κ2) is 9.98. The van der Waals surface area contributed by atoms with Gasteiger partial charge in [0, 0.05) is 10.6 Å². The van der Waals surface area contributed by atoms with Gasteiger partial charge >= 0.3 is 0 Å². The Hall–Kier alpha value is -3.25. The van der Waals surface area contributed by atoms with Crippen molar-refractivity contribution in [3.8, 4) is 23.6 Å². The summed E-state index contributed by atoms with van der Waals surface area (Å²) in [5, 5.41) is 19.4. The van der Waals surface area contributed by atoms with E-state index in [2.05, 4.69) is 28.1 Å². The molecule has 3 aromatic carbocycles. The highest BCUT2D eigenvalue weighted by Crippen LogP contribution is 2.38. The maximum Gasteiger partial charge on any atom is 0.175 e. The Balaban J connectivity index is 1.91. The highest BCUT2D eigenvalue weighted by Gasteiger charge is 2.13. The maximum absolute atomic E-state index is 9.57. The van der Waals surface area contributed by atoms with Crippen molar-refractivity contribution in [2.75, 3.05) is 7.11 Å². The van der Waals surface area contributed by atoms with Crippen LogP contribution in [0, 0.1) is 22.7 Å². The zero-order chi connectivity index (χ0) is 21.5. The molecule has 3 aromatic rings. The van der Waals surface area contributed by atoms with E-state index in [1.165, 1.54) is 0 Å². The van der Waals surface area contributed by atoms with Crippen molar-refractivity contribution >= 4 is 39.2 Å². The lowest BCUT2D eigenvalue weighted by molar-refractivity contribution is 0.282. The SMILES string of the molecule is COc1cc(/C=C(\C#N)c2ccc(Cl)cc2)cc(Br)c1OCc1ccccc1C#N. The summed E-state index contributed by atoms with van der Waals surface area (Å²) in [5.74, 6) is 1.03. The normalized spacial score (nSPS) is 10.8. The number of allylic oxidation sites excluding steroid dienone is 1. The van der Waals surface area contributed by atoms with Crippen LogP contribution < -0.4 is 9.47 Å². The molecule has 0 aromatic heterocycles. The fourth-order valence-electron chi connectivity index (χ4n) is 2.84. The third-order valence-corrected chi connectivity index (χ3v) is 5.19. The zero-order valence-corrected chi connectivity index (χ0v) is 18.4. The molecule has 0 aliphatic heterocycles. The van der Waals surface area contributed by atoms with Crippen LogP contribution >= 0.6 is 27.5 Å². The number of nitriles is 2. The largest absolute Gasteiger partial charge is 0.493 e. The van der Waals surface area contributed by atoms with Gasteiger partial charge in [0.1, 0.15) is 6.61 Å². The van der Waals surface area contributed by atoms with Crippen molar-refractivity contribution in [1.82, 2.24) is 0 Å². The summed E-state index contributed by atoms with van der Waals surface area (Å²) in [6, 6.07) is 22.4. The van der Waals surface area contributed by atoms with E-state index >= 15 is 0 Å². The molecule has 0 unspecified atom stereocenters. The molecular formula is C24H16BrClN2O2. The lowest BCUT2D eigenvalue weighted by atomic mass is 10.0. The Labute approximate surface area is 188 Å². The van der Waals surface area contributed by atoms with Crippen LogP contribution in [0.15, 0.2) is 65.1 Å². The minimum Gasteiger partial charge on any atom is -0.493 e. The number of methoxy groups -OCH3 is 1. The van der Waals surface area contributed by atoms with Crippen molar-refractivity contribution in [3.63, 3.8) is 0 Å². The molecule has 0 atom stereocenters. The predicted molar refractivity (Wildman–Crippen MR) is 121 cm³/mol. The van der Waals surface area contributed by atoms with Gasteiger partial charge in [-0.1, -0.05) is 41.9 Å². The fraction of sp³-hybridized carbons (Fsp3) is 0.0833. The molecule has 0 fully saturated rings. The third-order valence-electron chi connectivity index (χ3n) is 4.35. The number of nitrogens with zero attached hydrogens (tertiary/aromatic N) is 2. The first-order chi connectivity index (χ1) is 14.5. The Morgan fingerprint density at radius 2 is 1.83 bits per heavy atom. The topological polar surface area (TPSA) is 66.0 Å². The number of halogens is 2. The summed E-state index contributed by atoms with van der Waals surface area (Å²) in [6.45, 7) is 0.224. The van der Waals surface area contributed by atoms with Crippen LogP contribution in [-0.2, 0) is 6.61 Å². The van der Waals surface area contributed by atoms with Crippen LogP contribution in [0.1, 0.15) is 22.3 Å². The number of hydrogen-bond acceptors (Lipinski definition) is 4. The summed E-state index contributed by atoms with van der Waals surface area (Å²) in [6.07, 6.45) is 1.77. The van der Waals surface area contributed by atoms with E-state index in [0.29, 0.717) is 32.1 Å². The van der Waals surface area contributed by atoms with Crippen molar-refractivity contribution in [2.24, 2.45) is 0 Å². The molecule has 148 valence electrons. The minimum atomic E-state index is 0.224. The summed E-state index contributed by atoms with van der Waals surface area (Å²) in [4.78, 5) is 0. The first-order valence-corrected chi connectivity index (χ1v) is 10.1. The van der Waals surface area contributed by atoms with Crippen molar-refractivity contribution in [1.29, 1.82) is 10.5 Å². The van der Waals surface area contributed by atoms with E-state index in [-0.39, 0.29) is 6.61 Å². The number of rotatable bonds is 6. The van der Waals surface area contributed by atoms with Gasteiger partial charge in [-0.3, -0.25) is 0 Å². The Kier molecular flexibility index (Phi) is 7.14. The number of benzene rings is 3. The Morgan fingerprint density at radius 1 is 1.10 bits per heavy atom. The molecular weight excluding hydrogens is 464 g/mol. The van der Waals surface area contributed by atoms with Gasteiger partial charge in [-0.15, -0.1) is 0 Å². The third kappa shape index (κ3) is 5.02. The fourth-order valence-corrected chi connectivity index (χ4v) is 3.54. The lowest BCUT2D eigenvalue weighted by Gasteiger charge is -2.14. The van der Waals surface area contributed by atoms with E-state index in [1.54, 1.807) is 49.6 Å². The molecule has 0 bridgehead atoms. The zero-order valence-electron chi connectivity index (χ0n) is 16.0. The monoisotopic (exact) mass is 478 g/mol. The quantitative estimate of drug-likeness (QED) is 0.294. The first-order valence-electron chi connectivity index (χ1n) is 8.91. The van der Waals surface area contributed by atoms with Crippen LogP contribution in [0.4, 0.5) is 0 Å². The highest BCUT2D eigenvalue weighted by atomic mass is 79.9.